The van der Waals surface area contributed by atoms with Gasteiger partial charge in [-0.05, 0) is 48.9 Å². The van der Waals surface area contributed by atoms with Gasteiger partial charge in [0.1, 0.15) is 11.5 Å². The minimum atomic E-state index is -0.412. The van der Waals surface area contributed by atoms with E-state index < -0.39 is 5.97 Å². The number of benzene rings is 1. The summed E-state index contributed by atoms with van der Waals surface area (Å²) in [6.07, 6.45) is 5.02. The van der Waals surface area contributed by atoms with E-state index in [0.29, 0.717) is 16.4 Å². The van der Waals surface area contributed by atoms with Crippen molar-refractivity contribution in [3.63, 3.8) is 0 Å². The van der Waals surface area contributed by atoms with Crippen molar-refractivity contribution >= 4 is 28.2 Å². The third-order valence-electron chi connectivity index (χ3n) is 5.19. The molecule has 0 bridgehead atoms. The van der Waals surface area contributed by atoms with Crippen molar-refractivity contribution in [2.75, 3.05) is 12.4 Å². The Morgan fingerprint density at radius 3 is 2.80 bits per heavy atom. The Bertz CT molecular complexity index is 1090. The molecule has 1 aromatic carbocycles. The van der Waals surface area contributed by atoms with E-state index in [9.17, 15) is 9.59 Å². The molecule has 1 amide bonds. The summed E-state index contributed by atoms with van der Waals surface area (Å²) < 4.78 is 4.98. The van der Waals surface area contributed by atoms with Crippen LogP contribution in [0.15, 0.2) is 24.3 Å². The third-order valence-corrected chi connectivity index (χ3v) is 6.39. The zero-order valence-corrected chi connectivity index (χ0v) is 17.8. The first kappa shape index (κ1) is 20.2. The second kappa shape index (κ2) is 8.74. The maximum atomic E-state index is 12.7. The first-order valence-electron chi connectivity index (χ1n) is 9.93. The fourth-order valence-electron chi connectivity index (χ4n) is 3.69. The lowest BCUT2D eigenvalue weighted by Crippen LogP contribution is -2.21. The first-order chi connectivity index (χ1) is 14.6. The van der Waals surface area contributed by atoms with Crippen LogP contribution in [0.25, 0.3) is 11.4 Å². The fourth-order valence-corrected chi connectivity index (χ4v) is 4.98. The van der Waals surface area contributed by atoms with Crippen molar-refractivity contribution < 1.29 is 14.3 Å². The summed E-state index contributed by atoms with van der Waals surface area (Å²) in [4.78, 5) is 27.5. The van der Waals surface area contributed by atoms with E-state index in [0.717, 1.165) is 53.7 Å². The van der Waals surface area contributed by atoms with Crippen LogP contribution in [0.3, 0.4) is 0 Å². The van der Waals surface area contributed by atoms with Crippen molar-refractivity contribution in [2.45, 2.75) is 45.6 Å². The number of carbonyl (C=O) groups is 2. The van der Waals surface area contributed by atoms with Crippen LogP contribution in [0, 0.1) is 6.92 Å². The molecule has 2 aromatic heterocycles. The Labute approximate surface area is 178 Å². The van der Waals surface area contributed by atoms with Crippen molar-refractivity contribution in [1.29, 1.82) is 0 Å². The van der Waals surface area contributed by atoms with E-state index in [2.05, 4.69) is 20.7 Å². The number of hydrogen-bond acceptors (Lipinski definition) is 7. The van der Waals surface area contributed by atoms with Crippen molar-refractivity contribution in [2.24, 2.45) is 0 Å². The molecule has 0 unspecified atom stereocenters. The van der Waals surface area contributed by atoms with Gasteiger partial charge in [0.25, 0.3) is 0 Å². The van der Waals surface area contributed by atoms with Crippen molar-refractivity contribution in [3.05, 3.63) is 45.8 Å². The summed E-state index contributed by atoms with van der Waals surface area (Å²) in [6, 6.07) is 7.74. The highest BCUT2D eigenvalue weighted by Gasteiger charge is 2.26. The van der Waals surface area contributed by atoms with E-state index in [1.54, 1.807) is 0 Å². The highest BCUT2D eigenvalue weighted by Crippen LogP contribution is 2.38. The number of hydrogen-bond donors (Lipinski definition) is 1. The predicted octanol–water partition coefficient (Wildman–Crippen LogP) is 3.40. The molecule has 0 saturated heterocycles. The van der Waals surface area contributed by atoms with Crippen LogP contribution in [-0.2, 0) is 28.9 Å². The third kappa shape index (κ3) is 4.11. The second-order valence-electron chi connectivity index (χ2n) is 7.27. The Morgan fingerprint density at radius 1 is 1.20 bits per heavy atom. The van der Waals surface area contributed by atoms with Gasteiger partial charge in [-0.1, -0.05) is 30.7 Å². The lowest BCUT2D eigenvalue weighted by atomic mass is 10.1. The number of fused-ring (bicyclic) bond motifs is 1. The molecule has 1 aliphatic carbocycles. The minimum Gasteiger partial charge on any atom is -0.465 e. The molecule has 1 aliphatic rings. The summed E-state index contributed by atoms with van der Waals surface area (Å²) >= 11 is 1.46. The van der Waals surface area contributed by atoms with Crippen molar-refractivity contribution in [1.82, 2.24) is 20.2 Å². The number of aryl methyl sites for hydroxylation is 2. The van der Waals surface area contributed by atoms with Gasteiger partial charge in [0.2, 0.25) is 11.7 Å². The number of esters is 1. The maximum absolute atomic E-state index is 12.7. The number of ether oxygens (including phenoxy) is 1. The first-order valence-corrected chi connectivity index (χ1v) is 10.7. The number of rotatable bonds is 5. The molecule has 30 heavy (non-hydrogen) atoms. The average Bonchev–Trinajstić information content (AvgIpc) is 3.25. The van der Waals surface area contributed by atoms with Crippen LogP contribution in [0.5, 0.6) is 0 Å². The summed E-state index contributed by atoms with van der Waals surface area (Å²) in [7, 11) is 1.36. The van der Waals surface area contributed by atoms with E-state index in [1.165, 1.54) is 23.2 Å². The molecule has 0 atom stereocenters. The topological polar surface area (TPSA) is 99.0 Å². The second-order valence-corrected chi connectivity index (χ2v) is 8.37. The molecule has 156 valence electrons. The van der Waals surface area contributed by atoms with Gasteiger partial charge < -0.3 is 10.1 Å². The van der Waals surface area contributed by atoms with Gasteiger partial charge in [-0.15, -0.1) is 21.5 Å². The van der Waals surface area contributed by atoms with Crippen LogP contribution in [0.2, 0.25) is 0 Å². The van der Waals surface area contributed by atoms with E-state index in [-0.39, 0.29) is 12.5 Å². The van der Waals surface area contributed by atoms with Gasteiger partial charge in [-0.3, -0.25) is 4.79 Å². The lowest BCUT2D eigenvalue weighted by molar-refractivity contribution is -0.117. The summed E-state index contributed by atoms with van der Waals surface area (Å²) in [5.74, 6) is -0.255. The molecule has 3 aromatic rings. The van der Waals surface area contributed by atoms with Crippen LogP contribution in [0.1, 0.15) is 45.6 Å². The number of methoxy groups -OCH3 is 1. The highest BCUT2D eigenvalue weighted by atomic mass is 32.1. The molecule has 0 fully saturated rings. The van der Waals surface area contributed by atoms with Gasteiger partial charge >= 0.3 is 5.97 Å². The summed E-state index contributed by atoms with van der Waals surface area (Å²) in [6.45, 7) is 1.87. The van der Waals surface area contributed by atoms with Gasteiger partial charge in [0, 0.05) is 10.4 Å². The van der Waals surface area contributed by atoms with Gasteiger partial charge in [0.15, 0.2) is 0 Å². The zero-order valence-electron chi connectivity index (χ0n) is 17.0. The normalized spacial score (nSPS) is 13.4. The molecule has 9 heteroatoms. The lowest BCUT2D eigenvalue weighted by Gasteiger charge is -2.07. The Balaban J connectivity index is 1.52. The van der Waals surface area contributed by atoms with Crippen LogP contribution in [0.4, 0.5) is 5.00 Å². The van der Waals surface area contributed by atoms with Crippen LogP contribution >= 0.6 is 11.3 Å². The molecule has 0 spiro atoms. The Kier molecular flexibility index (Phi) is 5.89. The quantitative estimate of drug-likeness (QED) is 0.497. The largest absolute Gasteiger partial charge is 0.465 e. The van der Waals surface area contributed by atoms with Gasteiger partial charge in [-0.25, -0.2) is 4.79 Å². The zero-order chi connectivity index (χ0) is 21.1. The number of carbonyl (C=O) groups excluding carboxylic acids is 2. The SMILES string of the molecule is COC(=O)c1c(NC(=O)Cn2nnc(-c3ccccc3C)n2)sc2c1CCCCC2. The van der Waals surface area contributed by atoms with Crippen LogP contribution in [-0.4, -0.2) is 39.2 Å². The van der Waals surface area contributed by atoms with E-state index >= 15 is 0 Å². The van der Waals surface area contributed by atoms with E-state index in [1.807, 2.05) is 31.2 Å². The molecular formula is C21H23N5O3S. The number of thiophene rings is 1. The smallest absolute Gasteiger partial charge is 0.341 e. The molecule has 0 saturated carbocycles. The molecular weight excluding hydrogens is 402 g/mol. The molecule has 8 nitrogen and oxygen atoms in total. The Hall–Kier alpha value is -3.07. The minimum absolute atomic E-state index is 0.0952. The van der Waals surface area contributed by atoms with Crippen LogP contribution < -0.4 is 5.32 Å². The summed E-state index contributed by atoms with van der Waals surface area (Å²) in [5, 5.41) is 15.8. The number of amides is 1. The monoisotopic (exact) mass is 425 g/mol. The van der Waals surface area contributed by atoms with Crippen molar-refractivity contribution in [3.8, 4) is 11.4 Å². The standard InChI is InChI=1S/C21H23N5O3S/c1-13-8-6-7-9-14(13)19-23-25-26(24-19)12-17(27)22-20-18(21(28)29-2)15-10-4-3-5-11-16(15)30-20/h6-9H,3-5,10-12H2,1-2H3,(H,22,27). The van der Waals surface area contributed by atoms with Gasteiger partial charge in [-0.2, -0.15) is 4.80 Å². The summed E-state index contributed by atoms with van der Waals surface area (Å²) in [5.41, 5.74) is 3.41. The molecule has 0 radical (unpaired) electrons. The average molecular weight is 426 g/mol. The number of aromatic nitrogens is 4. The molecule has 2 heterocycles. The van der Waals surface area contributed by atoms with Gasteiger partial charge in [0.05, 0.1) is 12.7 Å². The van der Waals surface area contributed by atoms with E-state index in [4.69, 9.17) is 4.74 Å². The number of tetrazole rings is 1. The number of nitrogens with zero attached hydrogens (tertiary/aromatic N) is 4. The maximum Gasteiger partial charge on any atom is 0.341 e. The predicted molar refractivity (Wildman–Crippen MR) is 114 cm³/mol. The number of nitrogens with one attached hydrogen (secondary N) is 1. The molecule has 4 rings (SSSR count). The highest BCUT2D eigenvalue weighted by molar-refractivity contribution is 7.17. The molecule has 0 aliphatic heterocycles. The number of anilines is 1. The Morgan fingerprint density at radius 2 is 2.00 bits per heavy atom. The fraction of sp³-hybridized carbons (Fsp3) is 0.381. The molecule has 1 N–H and O–H groups in total.